The third-order valence-corrected chi connectivity index (χ3v) is 6.01. The molecule has 144 valence electrons. The van der Waals surface area contributed by atoms with Gasteiger partial charge >= 0.3 is 0 Å². The highest BCUT2D eigenvalue weighted by molar-refractivity contribution is 6.04. The predicted octanol–water partition coefficient (Wildman–Crippen LogP) is 2.87. The third kappa shape index (κ3) is 3.50. The SMILES string of the molecule is NC(N)=NC(=O)[C@@H]1C2CCC(C2)[C@H]1c1cccc(NC(=O)c2ccccc2)c1. The van der Waals surface area contributed by atoms with Gasteiger partial charge in [-0.05, 0) is 66.8 Å². The number of aliphatic imine (C=N–C) groups is 1. The second-order valence-corrected chi connectivity index (χ2v) is 7.71. The van der Waals surface area contributed by atoms with Gasteiger partial charge in [-0.25, -0.2) is 0 Å². The van der Waals surface area contributed by atoms with Gasteiger partial charge in [-0.15, -0.1) is 0 Å². The number of anilines is 1. The third-order valence-electron chi connectivity index (χ3n) is 6.01. The number of carbonyl (C=O) groups is 2. The number of hydrogen-bond donors (Lipinski definition) is 3. The number of amides is 2. The molecule has 2 saturated carbocycles. The summed E-state index contributed by atoms with van der Waals surface area (Å²) in [6, 6.07) is 16.9. The van der Waals surface area contributed by atoms with Gasteiger partial charge in [0, 0.05) is 11.3 Å². The number of nitrogens with two attached hydrogens (primary N) is 2. The Bertz CT molecular complexity index is 921. The molecule has 0 aromatic heterocycles. The van der Waals surface area contributed by atoms with Crippen molar-refractivity contribution in [1.82, 2.24) is 0 Å². The van der Waals surface area contributed by atoms with Crippen molar-refractivity contribution >= 4 is 23.5 Å². The van der Waals surface area contributed by atoms with Crippen molar-refractivity contribution in [2.45, 2.75) is 25.2 Å². The minimum absolute atomic E-state index is 0.0860. The standard InChI is InChI=1S/C22H24N4O2/c23-22(24)26-21(28)19-16-10-9-15(11-16)18(19)14-7-4-8-17(12-14)25-20(27)13-5-2-1-3-6-13/h1-8,12,15-16,18-19H,9-11H2,(H,25,27)(H4,23,24,26,28)/t15?,16?,18-,19-/m1/s1. The van der Waals surface area contributed by atoms with E-state index in [9.17, 15) is 9.59 Å². The summed E-state index contributed by atoms with van der Waals surface area (Å²) in [6.45, 7) is 0. The number of fused-ring (bicyclic) bond motifs is 2. The Morgan fingerprint density at radius 1 is 0.964 bits per heavy atom. The van der Waals surface area contributed by atoms with Gasteiger partial charge in [-0.3, -0.25) is 9.59 Å². The molecule has 0 spiro atoms. The predicted molar refractivity (Wildman–Crippen MR) is 109 cm³/mol. The van der Waals surface area contributed by atoms with E-state index in [-0.39, 0.29) is 29.6 Å². The van der Waals surface area contributed by atoms with Crippen molar-refractivity contribution in [3.8, 4) is 0 Å². The van der Waals surface area contributed by atoms with Crippen LogP contribution >= 0.6 is 0 Å². The van der Waals surface area contributed by atoms with Gasteiger partial charge in [0.1, 0.15) is 0 Å². The van der Waals surface area contributed by atoms with Crippen LogP contribution in [0.3, 0.4) is 0 Å². The smallest absolute Gasteiger partial charge is 0.255 e. The second-order valence-electron chi connectivity index (χ2n) is 7.71. The van der Waals surface area contributed by atoms with Crippen LogP contribution in [0.4, 0.5) is 5.69 Å². The first-order valence-electron chi connectivity index (χ1n) is 9.63. The summed E-state index contributed by atoms with van der Waals surface area (Å²) in [6.07, 6.45) is 3.19. The van der Waals surface area contributed by atoms with Crippen LogP contribution in [0.1, 0.15) is 41.1 Å². The summed E-state index contributed by atoms with van der Waals surface area (Å²) < 4.78 is 0. The number of benzene rings is 2. The Hall–Kier alpha value is -3.15. The van der Waals surface area contributed by atoms with E-state index in [0.29, 0.717) is 17.4 Å². The van der Waals surface area contributed by atoms with Gasteiger partial charge in [0.25, 0.3) is 11.8 Å². The fourth-order valence-corrected chi connectivity index (χ4v) is 4.94. The molecule has 4 rings (SSSR count). The molecule has 0 aliphatic heterocycles. The molecule has 2 aliphatic rings. The summed E-state index contributed by atoms with van der Waals surface area (Å²) in [4.78, 5) is 28.9. The Morgan fingerprint density at radius 2 is 1.71 bits per heavy atom. The number of nitrogens with zero attached hydrogens (tertiary/aromatic N) is 1. The zero-order valence-corrected chi connectivity index (χ0v) is 15.5. The molecule has 2 aliphatic carbocycles. The molecule has 6 heteroatoms. The van der Waals surface area contributed by atoms with Crippen LogP contribution in [0, 0.1) is 17.8 Å². The highest BCUT2D eigenvalue weighted by Gasteiger charge is 2.51. The van der Waals surface area contributed by atoms with E-state index in [4.69, 9.17) is 11.5 Å². The molecule has 2 aromatic rings. The maximum absolute atomic E-state index is 12.7. The van der Waals surface area contributed by atoms with Crippen LogP contribution in [-0.4, -0.2) is 17.8 Å². The molecular weight excluding hydrogens is 352 g/mol. The molecule has 28 heavy (non-hydrogen) atoms. The van der Waals surface area contributed by atoms with Crippen molar-refractivity contribution < 1.29 is 9.59 Å². The van der Waals surface area contributed by atoms with Crippen molar-refractivity contribution in [1.29, 1.82) is 0 Å². The number of hydrogen-bond acceptors (Lipinski definition) is 2. The van der Waals surface area contributed by atoms with Crippen molar-refractivity contribution in [2.75, 3.05) is 5.32 Å². The molecule has 4 atom stereocenters. The van der Waals surface area contributed by atoms with Crippen LogP contribution < -0.4 is 16.8 Å². The summed E-state index contributed by atoms with van der Waals surface area (Å²) in [7, 11) is 0. The number of nitrogens with one attached hydrogen (secondary N) is 1. The maximum Gasteiger partial charge on any atom is 0.255 e. The number of rotatable bonds is 4. The summed E-state index contributed by atoms with van der Waals surface area (Å²) >= 11 is 0. The molecule has 5 N–H and O–H groups in total. The molecule has 2 aromatic carbocycles. The highest BCUT2D eigenvalue weighted by Crippen LogP contribution is 2.57. The van der Waals surface area contributed by atoms with Gasteiger partial charge in [0.15, 0.2) is 5.96 Å². The lowest BCUT2D eigenvalue weighted by atomic mass is 9.75. The van der Waals surface area contributed by atoms with E-state index in [1.807, 2.05) is 42.5 Å². The van der Waals surface area contributed by atoms with Crippen LogP contribution in [0.5, 0.6) is 0 Å². The zero-order valence-electron chi connectivity index (χ0n) is 15.5. The van der Waals surface area contributed by atoms with Gasteiger partial charge in [-0.2, -0.15) is 4.99 Å². The van der Waals surface area contributed by atoms with Crippen molar-refractivity contribution in [2.24, 2.45) is 34.2 Å². The van der Waals surface area contributed by atoms with Crippen LogP contribution in [0.2, 0.25) is 0 Å². The second kappa shape index (κ2) is 7.46. The molecule has 6 nitrogen and oxygen atoms in total. The maximum atomic E-state index is 12.7. The van der Waals surface area contributed by atoms with Gasteiger partial charge in [0.05, 0.1) is 5.92 Å². The number of carbonyl (C=O) groups excluding carboxylic acids is 2. The fourth-order valence-electron chi connectivity index (χ4n) is 4.94. The first kappa shape index (κ1) is 18.2. The minimum Gasteiger partial charge on any atom is -0.370 e. The lowest BCUT2D eigenvalue weighted by Gasteiger charge is -2.29. The van der Waals surface area contributed by atoms with E-state index in [1.54, 1.807) is 12.1 Å². The zero-order chi connectivity index (χ0) is 19.7. The van der Waals surface area contributed by atoms with E-state index < -0.39 is 0 Å². The van der Waals surface area contributed by atoms with Gasteiger partial charge < -0.3 is 16.8 Å². The number of guanidine groups is 1. The normalized spacial score (nSPS) is 25.3. The lowest BCUT2D eigenvalue weighted by molar-refractivity contribution is -0.123. The molecule has 0 saturated heterocycles. The Kier molecular flexibility index (Phi) is 4.86. The fraction of sp³-hybridized carbons (Fsp3) is 0.318. The molecule has 2 fully saturated rings. The minimum atomic E-state index is -0.226. The largest absolute Gasteiger partial charge is 0.370 e. The molecular formula is C22H24N4O2. The van der Waals surface area contributed by atoms with E-state index in [2.05, 4.69) is 10.3 Å². The quantitative estimate of drug-likeness (QED) is 0.563. The van der Waals surface area contributed by atoms with Gasteiger partial charge in [0.2, 0.25) is 0 Å². The van der Waals surface area contributed by atoms with Crippen LogP contribution in [-0.2, 0) is 4.79 Å². The lowest BCUT2D eigenvalue weighted by Crippen LogP contribution is -2.31. The average Bonchev–Trinajstić information content (AvgIpc) is 3.30. The first-order chi connectivity index (χ1) is 13.5. The summed E-state index contributed by atoms with van der Waals surface area (Å²) in [5, 5.41) is 2.95. The Balaban J connectivity index is 1.58. The van der Waals surface area contributed by atoms with Crippen LogP contribution in [0.25, 0.3) is 0 Å². The highest BCUT2D eigenvalue weighted by atomic mass is 16.2. The Labute approximate surface area is 164 Å². The van der Waals surface area contributed by atoms with Crippen LogP contribution in [0.15, 0.2) is 59.6 Å². The topological polar surface area (TPSA) is 111 Å². The summed E-state index contributed by atoms with van der Waals surface area (Å²) in [5.74, 6) is 0.107. The molecule has 2 bridgehead atoms. The van der Waals surface area contributed by atoms with Gasteiger partial charge in [-0.1, -0.05) is 30.3 Å². The summed E-state index contributed by atoms with van der Waals surface area (Å²) in [5.41, 5.74) is 13.3. The molecule has 0 radical (unpaired) electrons. The Morgan fingerprint density at radius 3 is 2.46 bits per heavy atom. The van der Waals surface area contributed by atoms with Crippen molar-refractivity contribution in [3.63, 3.8) is 0 Å². The van der Waals surface area contributed by atoms with E-state index in [0.717, 1.165) is 30.5 Å². The van der Waals surface area contributed by atoms with Crippen molar-refractivity contribution in [3.05, 3.63) is 65.7 Å². The van der Waals surface area contributed by atoms with E-state index in [1.165, 1.54) is 0 Å². The first-order valence-corrected chi connectivity index (χ1v) is 9.63. The average molecular weight is 376 g/mol. The molecule has 0 heterocycles. The molecule has 2 unspecified atom stereocenters. The monoisotopic (exact) mass is 376 g/mol. The van der Waals surface area contributed by atoms with E-state index >= 15 is 0 Å². The molecule has 2 amide bonds.